The molecule has 0 bridgehead atoms. The number of hydrogen-bond acceptors (Lipinski definition) is 1. The molecule has 0 aliphatic rings. The summed E-state index contributed by atoms with van der Waals surface area (Å²) in [6, 6.07) is 0. The van der Waals surface area contributed by atoms with Gasteiger partial charge < -0.3 is 4.74 Å². The molecule has 2 unspecified atom stereocenters. The second-order valence-corrected chi connectivity index (χ2v) is 6.69. The van der Waals surface area contributed by atoms with E-state index in [9.17, 15) is 0 Å². The first kappa shape index (κ1) is 20.0. The highest BCUT2D eigenvalue weighted by Crippen LogP contribution is 2.20. The summed E-state index contributed by atoms with van der Waals surface area (Å²) in [5.74, 6) is 2.73. The Morgan fingerprint density at radius 3 is 2.19 bits per heavy atom. The maximum Gasteiger partial charge on any atom is 0.0827 e. The molecule has 0 aliphatic heterocycles. The molecule has 21 heavy (non-hydrogen) atoms. The Bertz CT molecular complexity index is 334. The third kappa shape index (κ3) is 9.55. The molecule has 1 heteroatoms. The van der Waals surface area contributed by atoms with Gasteiger partial charge in [0.15, 0.2) is 0 Å². The Kier molecular flexibility index (Phi) is 11.1. The third-order valence-electron chi connectivity index (χ3n) is 4.16. The summed E-state index contributed by atoms with van der Waals surface area (Å²) in [6.45, 7) is 13.7. The highest BCUT2D eigenvalue weighted by Gasteiger charge is 2.08. The Morgan fingerprint density at radius 1 is 1.05 bits per heavy atom. The van der Waals surface area contributed by atoms with Crippen LogP contribution in [0.4, 0.5) is 0 Å². The topological polar surface area (TPSA) is 9.23 Å². The highest BCUT2D eigenvalue weighted by molar-refractivity contribution is 5.19. The summed E-state index contributed by atoms with van der Waals surface area (Å²) < 4.78 is 5.02. The smallest absolute Gasteiger partial charge is 0.0827 e. The fourth-order valence-corrected chi connectivity index (χ4v) is 2.44. The van der Waals surface area contributed by atoms with E-state index in [4.69, 9.17) is 4.74 Å². The first-order chi connectivity index (χ1) is 9.92. The van der Waals surface area contributed by atoms with Crippen molar-refractivity contribution in [3.8, 4) is 0 Å². The molecule has 1 nitrogen and oxygen atoms in total. The van der Waals surface area contributed by atoms with Gasteiger partial charge in [-0.15, -0.1) is 0 Å². The molecule has 0 aliphatic carbocycles. The molecule has 0 aromatic heterocycles. The average molecular weight is 293 g/mol. The zero-order chi connectivity index (χ0) is 16.3. The summed E-state index contributed by atoms with van der Waals surface area (Å²) in [5, 5.41) is 0. The average Bonchev–Trinajstić information content (AvgIpc) is 2.42. The molecule has 0 heterocycles. The summed E-state index contributed by atoms with van der Waals surface area (Å²) >= 11 is 0. The monoisotopic (exact) mass is 292 g/mol. The first-order valence-electron chi connectivity index (χ1n) is 8.48. The molecule has 0 spiro atoms. The summed E-state index contributed by atoms with van der Waals surface area (Å²) in [7, 11) is 1.69. The van der Waals surface area contributed by atoms with Gasteiger partial charge in [0.1, 0.15) is 0 Å². The van der Waals surface area contributed by atoms with E-state index < -0.39 is 0 Å². The molecular formula is C20H36O. The molecule has 0 saturated carbocycles. The van der Waals surface area contributed by atoms with Crippen LogP contribution in [0.25, 0.3) is 0 Å². The lowest BCUT2D eigenvalue weighted by atomic mass is 9.89. The van der Waals surface area contributed by atoms with Gasteiger partial charge in [-0.2, -0.15) is 0 Å². The maximum absolute atomic E-state index is 5.02. The van der Waals surface area contributed by atoms with Crippen molar-refractivity contribution in [1.29, 1.82) is 0 Å². The molecule has 0 amide bonds. The van der Waals surface area contributed by atoms with Gasteiger partial charge in [-0.1, -0.05) is 66.2 Å². The molecule has 0 aromatic carbocycles. The predicted molar refractivity (Wildman–Crippen MR) is 95.2 cm³/mol. The molecule has 0 N–H and O–H groups in total. The fourth-order valence-electron chi connectivity index (χ4n) is 2.44. The van der Waals surface area contributed by atoms with E-state index in [1.165, 1.54) is 18.4 Å². The fraction of sp³-hybridized carbons (Fsp3) is 0.700. The quantitative estimate of drug-likeness (QED) is 0.258. The van der Waals surface area contributed by atoms with Gasteiger partial charge >= 0.3 is 0 Å². The Labute approximate surface area is 133 Å². The van der Waals surface area contributed by atoms with E-state index in [-0.39, 0.29) is 0 Å². The zero-order valence-corrected chi connectivity index (χ0v) is 15.2. The Balaban J connectivity index is 4.40. The van der Waals surface area contributed by atoms with Gasteiger partial charge in [-0.25, -0.2) is 0 Å². The number of methoxy groups -OCH3 is 1. The maximum atomic E-state index is 5.02. The van der Waals surface area contributed by atoms with Crippen LogP contribution in [-0.4, -0.2) is 7.11 Å². The molecule has 0 aromatic rings. The minimum Gasteiger partial charge on any atom is -0.504 e. The van der Waals surface area contributed by atoms with Crippen LogP contribution in [0.1, 0.15) is 60.8 Å². The van der Waals surface area contributed by atoms with Crippen LogP contribution in [-0.2, 0) is 4.74 Å². The van der Waals surface area contributed by atoms with Gasteiger partial charge in [0.2, 0.25) is 0 Å². The molecule has 122 valence electrons. The minimum atomic E-state index is 0.540. The second kappa shape index (κ2) is 11.7. The SMILES string of the molecule is CCC(CC=CC(C)CC=C(C=COC)C(C)C)C(C)C. The van der Waals surface area contributed by atoms with Crippen LogP contribution in [0.2, 0.25) is 0 Å². The summed E-state index contributed by atoms with van der Waals surface area (Å²) in [4.78, 5) is 0. The third-order valence-corrected chi connectivity index (χ3v) is 4.16. The molecule has 0 fully saturated rings. The molecule has 0 saturated heterocycles. The lowest BCUT2D eigenvalue weighted by molar-refractivity contribution is 0.337. The van der Waals surface area contributed by atoms with Crippen LogP contribution >= 0.6 is 0 Å². The van der Waals surface area contributed by atoms with Crippen molar-refractivity contribution in [1.82, 2.24) is 0 Å². The molecule has 0 radical (unpaired) electrons. The molecule has 0 rings (SSSR count). The zero-order valence-electron chi connectivity index (χ0n) is 15.2. The normalized spacial score (nSPS) is 16.3. The van der Waals surface area contributed by atoms with Crippen LogP contribution in [0.15, 0.2) is 36.1 Å². The van der Waals surface area contributed by atoms with Crippen molar-refractivity contribution in [2.75, 3.05) is 7.11 Å². The molecular weight excluding hydrogens is 256 g/mol. The standard InChI is InChI=1S/C20H36O/c1-8-19(16(2)3)11-9-10-18(6)12-13-20(17(4)5)14-15-21-7/h9-10,13-19H,8,11-12H2,1-7H3. The molecule has 2 atom stereocenters. The van der Waals surface area contributed by atoms with Crippen molar-refractivity contribution in [2.45, 2.75) is 60.8 Å². The first-order valence-corrected chi connectivity index (χ1v) is 8.48. The summed E-state index contributed by atoms with van der Waals surface area (Å²) in [5.41, 5.74) is 1.35. The predicted octanol–water partition coefficient (Wildman–Crippen LogP) is 6.38. The van der Waals surface area contributed by atoms with Crippen molar-refractivity contribution < 1.29 is 4.74 Å². The van der Waals surface area contributed by atoms with Crippen LogP contribution in [0.5, 0.6) is 0 Å². The van der Waals surface area contributed by atoms with Gasteiger partial charge in [-0.05, 0) is 48.2 Å². The van der Waals surface area contributed by atoms with E-state index >= 15 is 0 Å². The number of hydrogen-bond donors (Lipinski definition) is 0. The van der Waals surface area contributed by atoms with E-state index in [1.807, 2.05) is 0 Å². The second-order valence-electron chi connectivity index (χ2n) is 6.69. The number of ether oxygens (including phenoxy) is 1. The van der Waals surface area contributed by atoms with Crippen molar-refractivity contribution >= 4 is 0 Å². The Hall–Kier alpha value is -0.980. The Morgan fingerprint density at radius 2 is 1.71 bits per heavy atom. The van der Waals surface area contributed by atoms with Crippen LogP contribution in [0.3, 0.4) is 0 Å². The van der Waals surface area contributed by atoms with Crippen LogP contribution < -0.4 is 0 Å². The van der Waals surface area contributed by atoms with Gasteiger partial charge in [0.05, 0.1) is 13.4 Å². The van der Waals surface area contributed by atoms with Crippen molar-refractivity contribution in [3.05, 3.63) is 36.1 Å². The lowest BCUT2D eigenvalue weighted by Crippen LogP contribution is -2.05. The van der Waals surface area contributed by atoms with Gasteiger partial charge in [-0.3, -0.25) is 0 Å². The van der Waals surface area contributed by atoms with E-state index in [0.717, 1.165) is 18.3 Å². The number of allylic oxidation sites excluding steroid dienone is 5. The van der Waals surface area contributed by atoms with E-state index in [0.29, 0.717) is 11.8 Å². The van der Waals surface area contributed by atoms with E-state index in [1.54, 1.807) is 13.4 Å². The number of rotatable bonds is 10. The van der Waals surface area contributed by atoms with E-state index in [2.05, 4.69) is 65.8 Å². The van der Waals surface area contributed by atoms with Gasteiger partial charge in [0, 0.05) is 0 Å². The van der Waals surface area contributed by atoms with Crippen molar-refractivity contribution in [3.63, 3.8) is 0 Å². The highest BCUT2D eigenvalue weighted by atomic mass is 16.5. The largest absolute Gasteiger partial charge is 0.504 e. The van der Waals surface area contributed by atoms with Crippen LogP contribution in [0, 0.1) is 23.7 Å². The minimum absolute atomic E-state index is 0.540. The van der Waals surface area contributed by atoms with Crippen molar-refractivity contribution in [2.24, 2.45) is 23.7 Å². The van der Waals surface area contributed by atoms with Gasteiger partial charge in [0.25, 0.3) is 0 Å². The lowest BCUT2D eigenvalue weighted by Gasteiger charge is -2.16. The summed E-state index contributed by atoms with van der Waals surface area (Å²) in [6.07, 6.45) is 14.5.